The fourth-order valence-electron chi connectivity index (χ4n) is 2.45. The molecule has 0 aliphatic rings. The number of hydrogen-bond donors (Lipinski definition) is 1. The average molecular weight is 287 g/mol. The highest BCUT2D eigenvalue weighted by Crippen LogP contribution is 2.24. The van der Waals surface area contributed by atoms with E-state index < -0.39 is 5.82 Å². The highest BCUT2D eigenvalue weighted by molar-refractivity contribution is 5.34. The van der Waals surface area contributed by atoms with E-state index in [-0.39, 0.29) is 11.6 Å². The van der Waals surface area contributed by atoms with Gasteiger partial charge in [-0.1, -0.05) is 18.1 Å². The molecule has 0 aliphatic heterocycles. The van der Waals surface area contributed by atoms with Crippen LogP contribution >= 0.6 is 0 Å². The summed E-state index contributed by atoms with van der Waals surface area (Å²) in [5.74, 6) is 0.322. The molecule has 21 heavy (non-hydrogen) atoms. The van der Waals surface area contributed by atoms with E-state index in [0.29, 0.717) is 6.54 Å². The molecule has 0 bridgehead atoms. The molecule has 1 aromatic heterocycles. The summed E-state index contributed by atoms with van der Waals surface area (Å²) in [5, 5.41) is 16.2. The zero-order chi connectivity index (χ0) is 15.4. The van der Waals surface area contributed by atoms with Gasteiger partial charge in [0.15, 0.2) is 0 Å². The molecule has 0 radical (unpaired) electrons. The van der Waals surface area contributed by atoms with E-state index >= 15 is 0 Å². The van der Waals surface area contributed by atoms with E-state index in [4.69, 9.17) is 9.78 Å². The van der Waals surface area contributed by atoms with Crippen LogP contribution in [0.1, 0.15) is 47.5 Å². The number of nitriles is 1. The first-order valence-electron chi connectivity index (χ1n) is 6.91. The van der Waals surface area contributed by atoms with Crippen molar-refractivity contribution in [3.8, 4) is 6.07 Å². The first kappa shape index (κ1) is 15.2. The molecule has 0 aliphatic carbocycles. The van der Waals surface area contributed by atoms with E-state index in [1.54, 1.807) is 12.1 Å². The van der Waals surface area contributed by atoms with E-state index in [0.717, 1.165) is 29.0 Å². The summed E-state index contributed by atoms with van der Waals surface area (Å²) in [6.07, 6.45) is 0.884. The molecule has 0 amide bonds. The van der Waals surface area contributed by atoms with Crippen LogP contribution in [0.15, 0.2) is 22.7 Å². The summed E-state index contributed by atoms with van der Waals surface area (Å²) in [6.45, 7) is 6.44. The highest BCUT2D eigenvalue weighted by atomic mass is 19.1. The zero-order valence-corrected chi connectivity index (χ0v) is 12.4. The predicted molar refractivity (Wildman–Crippen MR) is 77.0 cm³/mol. The van der Waals surface area contributed by atoms with Gasteiger partial charge in [0.25, 0.3) is 0 Å². The van der Waals surface area contributed by atoms with Gasteiger partial charge < -0.3 is 9.84 Å². The molecule has 1 N–H and O–H groups in total. The van der Waals surface area contributed by atoms with Crippen LogP contribution in [-0.4, -0.2) is 5.16 Å². The molecule has 1 atom stereocenters. The van der Waals surface area contributed by atoms with Gasteiger partial charge in [-0.3, -0.25) is 0 Å². The van der Waals surface area contributed by atoms with Crippen molar-refractivity contribution in [3.05, 3.63) is 52.2 Å². The second-order valence-corrected chi connectivity index (χ2v) is 5.01. The van der Waals surface area contributed by atoms with Gasteiger partial charge in [-0.15, -0.1) is 0 Å². The van der Waals surface area contributed by atoms with Crippen LogP contribution in [0, 0.1) is 31.0 Å². The summed E-state index contributed by atoms with van der Waals surface area (Å²) in [7, 11) is 0. The Morgan fingerprint density at radius 2 is 2.19 bits per heavy atom. The monoisotopic (exact) mass is 287 g/mol. The molecular weight excluding hydrogens is 269 g/mol. The maximum absolute atomic E-state index is 13.3. The maximum Gasteiger partial charge on any atom is 0.140 e. The van der Waals surface area contributed by atoms with Crippen LogP contribution in [0.4, 0.5) is 4.39 Å². The molecule has 110 valence electrons. The van der Waals surface area contributed by atoms with Crippen LogP contribution in [0.3, 0.4) is 0 Å². The van der Waals surface area contributed by atoms with Crippen molar-refractivity contribution in [2.75, 3.05) is 0 Å². The Morgan fingerprint density at radius 3 is 2.76 bits per heavy atom. The first-order chi connectivity index (χ1) is 10.1. The van der Waals surface area contributed by atoms with Gasteiger partial charge >= 0.3 is 0 Å². The van der Waals surface area contributed by atoms with E-state index in [9.17, 15) is 4.39 Å². The van der Waals surface area contributed by atoms with Crippen LogP contribution < -0.4 is 5.32 Å². The Labute approximate surface area is 123 Å². The van der Waals surface area contributed by atoms with Gasteiger partial charge in [0, 0.05) is 18.2 Å². The number of nitrogens with zero attached hydrogens (tertiary/aromatic N) is 2. The molecular formula is C16H18FN3O. The lowest BCUT2D eigenvalue weighted by Gasteiger charge is -2.17. The van der Waals surface area contributed by atoms with Crippen LogP contribution in [0.2, 0.25) is 0 Å². The standard InChI is InChI=1S/C16H18FN3O/c1-4-15(16-10(2)20-21-11(16)3)19-9-12-5-6-14(17)13(7-12)8-18/h5-7,15,19H,4,9H2,1-3H3/t15-/m1/s1. The van der Waals surface area contributed by atoms with Crippen molar-refractivity contribution in [2.24, 2.45) is 0 Å². The summed E-state index contributed by atoms with van der Waals surface area (Å²) in [4.78, 5) is 0. The predicted octanol–water partition coefficient (Wildman–Crippen LogP) is 3.54. The van der Waals surface area contributed by atoms with Gasteiger partial charge in [0.2, 0.25) is 0 Å². The van der Waals surface area contributed by atoms with E-state index in [1.165, 1.54) is 6.07 Å². The number of hydrogen-bond acceptors (Lipinski definition) is 4. The molecule has 1 aromatic carbocycles. The minimum Gasteiger partial charge on any atom is -0.361 e. The number of rotatable bonds is 5. The molecule has 0 saturated carbocycles. The van der Waals surface area contributed by atoms with E-state index in [2.05, 4.69) is 17.4 Å². The van der Waals surface area contributed by atoms with Crippen LogP contribution in [0.5, 0.6) is 0 Å². The number of aryl methyl sites for hydroxylation is 2. The molecule has 1 heterocycles. The normalized spacial score (nSPS) is 12.1. The fourth-order valence-corrected chi connectivity index (χ4v) is 2.45. The smallest absolute Gasteiger partial charge is 0.140 e. The van der Waals surface area contributed by atoms with Crippen molar-refractivity contribution in [1.82, 2.24) is 10.5 Å². The van der Waals surface area contributed by atoms with Crippen molar-refractivity contribution in [1.29, 1.82) is 5.26 Å². The Kier molecular flexibility index (Phi) is 4.71. The Balaban J connectivity index is 2.13. The fraction of sp³-hybridized carbons (Fsp3) is 0.375. The Morgan fingerprint density at radius 1 is 1.43 bits per heavy atom. The quantitative estimate of drug-likeness (QED) is 0.913. The highest BCUT2D eigenvalue weighted by Gasteiger charge is 2.18. The lowest BCUT2D eigenvalue weighted by atomic mass is 10.0. The molecule has 0 spiro atoms. The minimum absolute atomic E-state index is 0.0692. The molecule has 0 fully saturated rings. The number of halogens is 1. The molecule has 2 rings (SSSR count). The maximum atomic E-state index is 13.3. The van der Waals surface area contributed by atoms with Gasteiger partial charge in [-0.2, -0.15) is 5.26 Å². The molecule has 2 aromatic rings. The lowest BCUT2D eigenvalue weighted by Crippen LogP contribution is -2.21. The number of aromatic nitrogens is 1. The third kappa shape index (κ3) is 3.29. The topological polar surface area (TPSA) is 61.9 Å². The van der Waals surface area contributed by atoms with Crippen LogP contribution in [0.25, 0.3) is 0 Å². The van der Waals surface area contributed by atoms with Crippen molar-refractivity contribution in [3.63, 3.8) is 0 Å². The van der Waals surface area contributed by atoms with Gasteiger partial charge in [-0.25, -0.2) is 4.39 Å². The van der Waals surface area contributed by atoms with Crippen molar-refractivity contribution >= 4 is 0 Å². The molecule has 5 heteroatoms. The van der Waals surface area contributed by atoms with Gasteiger partial charge in [0.05, 0.1) is 11.3 Å². The van der Waals surface area contributed by atoms with Gasteiger partial charge in [-0.05, 0) is 38.0 Å². The SMILES string of the molecule is CC[C@@H](NCc1ccc(F)c(C#N)c1)c1c(C)noc1C. The zero-order valence-electron chi connectivity index (χ0n) is 12.4. The average Bonchev–Trinajstić information content (AvgIpc) is 2.81. The third-order valence-electron chi connectivity index (χ3n) is 3.55. The van der Waals surface area contributed by atoms with E-state index in [1.807, 2.05) is 19.9 Å². The summed E-state index contributed by atoms with van der Waals surface area (Å²) < 4.78 is 18.5. The lowest BCUT2D eigenvalue weighted by molar-refractivity contribution is 0.389. The first-order valence-corrected chi connectivity index (χ1v) is 6.91. The van der Waals surface area contributed by atoms with Gasteiger partial charge in [0.1, 0.15) is 17.6 Å². The number of nitrogens with one attached hydrogen (secondary N) is 1. The molecule has 0 saturated heterocycles. The van der Waals surface area contributed by atoms with Crippen LogP contribution in [-0.2, 0) is 6.54 Å². The second kappa shape index (κ2) is 6.51. The largest absolute Gasteiger partial charge is 0.361 e. The molecule has 0 unspecified atom stereocenters. The Hall–Kier alpha value is -2.19. The second-order valence-electron chi connectivity index (χ2n) is 5.01. The summed E-state index contributed by atoms with van der Waals surface area (Å²) in [6, 6.07) is 6.55. The third-order valence-corrected chi connectivity index (χ3v) is 3.55. The summed E-state index contributed by atoms with van der Waals surface area (Å²) >= 11 is 0. The minimum atomic E-state index is -0.487. The summed E-state index contributed by atoms with van der Waals surface area (Å²) in [5.41, 5.74) is 2.89. The van der Waals surface area contributed by atoms with Crippen molar-refractivity contribution in [2.45, 2.75) is 39.8 Å². The molecule has 4 nitrogen and oxygen atoms in total. The van der Waals surface area contributed by atoms with Crippen molar-refractivity contribution < 1.29 is 8.91 Å². The Bertz CT molecular complexity index is 653. The number of benzene rings is 1.